The lowest BCUT2D eigenvalue weighted by Gasteiger charge is -2.21. The lowest BCUT2D eigenvalue weighted by atomic mass is 10.1. The highest BCUT2D eigenvalue weighted by Gasteiger charge is 2.17. The molecule has 2 N–H and O–H groups in total. The van der Waals surface area contributed by atoms with Crippen molar-refractivity contribution in [2.45, 2.75) is 45.6 Å². The molecular formula is C17H26N2O2. The number of hydrogen-bond donors (Lipinski definition) is 1. The summed E-state index contributed by atoms with van der Waals surface area (Å²) in [4.78, 5) is 14.2. The minimum atomic E-state index is -0.104. The average molecular weight is 290 g/mol. The van der Waals surface area contributed by atoms with Crippen LogP contribution >= 0.6 is 0 Å². The predicted octanol–water partition coefficient (Wildman–Crippen LogP) is 2.80. The van der Waals surface area contributed by atoms with Gasteiger partial charge in [-0.15, -0.1) is 0 Å². The topological polar surface area (TPSA) is 55.6 Å². The van der Waals surface area contributed by atoms with Crippen LogP contribution in [0.4, 0.5) is 0 Å². The maximum atomic E-state index is 12.2. The molecule has 116 valence electrons. The number of ether oxygens (including phenoxy) is 1. The van der Waals surface area contributed by atoms with Crippen LogP contribution in [0.5, 0.6) is 5.75 Å². The lowest BCUT2D eigenvalue weighted by molar-refractivity contribution is -0.133. The second-order valence-corrected chi connectivity index (χ2v) is 5.91. The van der Waals surface area contributed by atoms with Crippen LogP contribution in [0, 0.1) is 6.92 Å². The second-order valence-electron chi connectivity index (χ2n) is 5.91. The van der Waals surface area contributed by atoms with Crippen molar-refractivity contribution in [1.29, 1.82) is 0 Å². The van der Waals surface area contributed by atoms with E-state index in [1.807, 2.05) is 36.9 Å². The Bertz CT molecular complexity index is 478. The molecule has 1 saturated heterocycles. The van der Waals surface area contributed by atoms with Crippen LogP contribution < -0.4 is 10.5 Å². The highest BCUT2D eigenvalue weighted by molar-refractivity contribution is 5.77. The van der Waals surface area contributed by atoms with Gasteiger partial charge in [-0.2, -0.15) is 0 Å². The van der Waals surface area contributed by atoms with Crippen LogP contribution in [0.25, 0.3) is 0 Å². The summed E-state index contributed by atoms with van der Waals surface area (Å²) in [6, 6.07) is 5.81. The average Bonchev–Trinajstić information content (AvgIpc) is 2.74. The molecule has 1 aliphatic rings. The second kappa shape index (κ2) is 7.46. The molecule has 21 heavy (non-hydrogen) atoms. The molecule has 4 nitrogen and oxygen atoms in total. The van der Waals surface area contributed by atoms with Crippen LogP contribution in [0.1, 0.15) is 49.8 Å². The Kier molecular flexibility index (Phi) is 5.62. The minimum Gasteiger partial charge on any atom is -0.483 e. The molecule has 0 aliphatic carbocycles. The molecule has 1 amide bonds. The molecule has 0 radical (unpaired) electrons. The summed E-state index contributed by atoms with van der Waals surface area (Å²) < 4.78 is 5.74. The summed E-state index contributed by atoms with van der Waals surface area (Å²) in [7, 11) is 0. The molecule has 4 heteroatoms. The Morgan fingerprint density at radius 2 is 1.95 bits per heavy atom. The van der Waals surface area contributed by atoms with Gasteiger partial charge in [0.2, 0.25) is 0 Å². The van der Waals surface area contributed by atoms with Gasteiger partial charge in [0.05, 0.1) is 0 Å². The van der Waals surface area contributed by atoms with Crippen molar-refractivity contribution in [3.63, 3.8) is 0 Å². The maximum absolute atomic E-state index is 12.2. The minimum absolute atomic E-state index is 0.0769. The first-order chi connectivity index (χ1) is 10.1. The molecule has 1 unspecified atom stereocenters. The van der Waals surface area contributed by atoms with E-state index in [2.05, 4.69) is 0 Å². The molecule has 0 bridgehead atoms. The fourth-order valence-corrected chi connectivity index (χ4v) is 2.71. The summed E-state index contributed by atoms with van der Waals surface area (Å²) in [5.74, 6) is 0.798. The van der Waals surface area contributed by atoms with E-state index in [0.29, 0.717) is 0 Å². The largest absolute Gasteiger partial charge is 0.483 e. The van der Waals surface area contributed by atoms with E-state index in [-0.39, 0.29) is 18.6 Å². The zero-order chi connectivity index (χ0) is 15.2. The normalized spacial score (nSPS) is 17.2. The van der Waals surface area contributed by atoms with Crippen LogP contribution in [-0.4, -0.2) is 30.5 Å². The van der Waals surface area contributed by atoms with Gasteiger partial charge in [0.1, 0.15) is 5.75 Å². The highest BCUT2D eigenvalue weighted by atomic mass is 16.5. The summed E-state index contributed by atoms with van der Waals surface area (Å²) >= 11 is 0. The van der Waals surface area contributed by atoms with E-state index in [9.17, 15) is 4.79 Å². The standard InChI is InChI=1S/C17H26N2O2/c1-13-7-8-16(15(11-13)14(2)18)21-12-17(20)19-9-5-3-4-6-10-19/h7-8,11,14H,3-6,9-10,12,18H2,1-2H3. The third kappa shape index (κ3) is 4.46. The number of benzene rings is 1. The van der Waals surface area contributed by atoms with Crippen molar-refractivity contribution in [2.24, 2.45) is 5.73 Å². The summed E-state index contributed by atoms with van der Waals surface area (Å²) in [5.41, 5.74) is 8.08. The lowest BCUT2D eigenvalue weighted by Crippen LogP contribution is -2.35. The van der Waals surface area contributed by atoms with Gasteiger partial charge in [0, 0.05) is 24.7 Å². The SMILES string of the molecule is Cc1ccc(OCC(=O)N2CCCCCC2)c(C(C)N)c1. The van der Waals surface area contributed by atoms with E-state index >= 15 is 0 Å². The third-order valence-electron chi connectivity index (χ3n) is 3.97. The van der Waals surface area contributed by atoms with Crippen LogP contribution in [-0.2, 0) is 4.79 Å². The van der Waals surface area contributed by atoms with Crippen LogP contribution in [0.3, 0.4) is 0 Å². The van der Waals surface area contributed by atoms with Crippen LogP contribution in [0.2, 0.25) is 0 Å². The summed E-state index contributed by atoms with van der Waals surface area (Å²) in [6.07, 6.45) is 4.64. The Labute approximate surface area is 127 Å². The Hall–Kier alpha value is -1.55. The number of likely N-dealkylation sites (tertiary alicyclic amines) is 1. The first-order valence-electron chi connectivity index (χ1n) is 7.84. The first-order valence-corrected chi connectivity index (χ1v) is 7.84. The Balaban J connectivity index is 1.97. The van der Waals surface area contributed by atoms with Gasteiger partial charge in [-0.1, -0.05) is 30.5 Å². The monoisotopic (exact) mass is 290 g/mol. The molecule has 1 atom stereocenters. The molecule has 1 aromatic rings. The van der Waals surface area contributed by atoms with Crippen LogP contribution in [0.15, 0.2) is 18.2 Å². The zero-order valence-electron chi connectivity index (χ0n) is 13.1. The van der Waals surface area contributed by atoms with Crippen molar-refractivity contribution in [3.8, 4) is 5.75 Å². The molecule has 1 heterocycles. The predicted molar refractivity (Wildman–Crippen MR) is 84.3 cm³/mol. The van der Waals surface area contributed by atoms with E-state index in [4.69, 9.17) is 10.5 Å². The summed E-state index contributed by atoms with van der Waals surface area (Å²) in [6.45, 7) is 5.77. The van der Waals surface area contributed by atoms with Crippen molar-refractivity contribution in [3.05, 3.63) is 29.3 Å². The number of carbonyl (C=O) groups is 1. The van der Waals surface area contributed by atoms with Gasteiger partial charge in [0.25, 0.3) is 5.91 Å². The fourth-order valence-electron chi connectivity index (χ4n) is 2.71. The van der Waals surface area contributed by atoms with E-state index in [0.717, 1.165) is 42.8 Å². The first kappa shape index (κ1) is 15.8. The number of aryl methyl sites for hydroxylation is 1. The van der Waals surface area contributed by atoms with Gasteiger partial charge < -0.3 is 15.4 Å². The molecule has 0 aromatic heterocycles. The molecule has 1 aliphatic heterocycles. The molecule has 0 spiro atoms. The number of nitrogens with zero attached hydrogens (tertiary/aromatic N) is 1. The smallest absolute Gasteiger partial charge is 0.260 e. The number of nitrogens with two attached hydrogens (primary N) is 1. The molecule has 1 aromatic carbocycles. The van der Waals surface area contributed by atoms with E-state index < -0.39 is 0 Å². The van der Waals surface area contributed by atoms with Gasteiger partial charge in [0.15, 0.2) is 6.61 Å². The number of rotatable bonds is 4. The Morgan fingerprint density at radius 1 is 1.29 bits per heavy atom. The maximum Gasteiger partial charge on any atom is 0.260 e. The molecule has 0 saturated carbocycles. The number of carbonyl (C=O) groups excluding carboxylic acids is 1. The molecular weight excluding hydrogens is 264 g/mol. The van der Waals surface area contributed by atoms with Crippen molar-refractivity contribution < 1.29 is 9.53 Å². The third-order valence-corrected chi connectivity index (χ3v) is 3.97. The van der Waals surface area contributed by atoms with Crippen molar-refractivity contribution >= 4 is 5.91 Å². The van der Waals surface area contributed by atoms with Gasteiger partial charge in [-0.05, 0) is 32.8 Å². The number of hydrogen-bond acceptors (Lipinski definition) is 3. The summed E-state index contributed by atoms with van der Waals surface area (Å²) in [5, 5.41) is 0. The van der Waals surface area contributed by atoms with Gasteiger partial charge in [-0.3, -0.25) is 4.79 Å². The number of amides is 1. The van der Waals surface area contributed by atoms with E-state index in [1.54, 1.807) is 0 Å². The fraction of sp³-hybridized carbons (Fsp3) is 0.588. The molecule has 2 rings (SSSR count). The van der Waals surface area contributed by atoms with Gasteiger partial charge in [-0.25, -0.2) is 0 Å². The Morgan fingerprint density at radius 3 is 2.57 bits per heavy atom. The van der Waals surface area contributed by atoms with Crippen molar-refractivity contribution in [2.75, 3.05) is 19.7 Å². The molecule has 1 fully saturated rings. The van der Waals surface area contributed by atoms with Gasteiger partial charge >= 0.3 is 0 Å². The van der Waals surface area contributed by atoms with E-state index in [1.165, 1.54) is 12.8 Å². The highest BCUT2D eigenvalue weighted by Crippen LogP contribution is 2.25. The quantitative estimate of drug-likeness (QED) is 0.927. The van der Waals surface area contributed by atoms with Crippen molar-refractivity contribution in [1.82, 2.24) is 4.90 Å². The zero-order valence-corrected chi connectivity index (χ0v) is 13.1.